The molecule has 0 aliphatic rings. The summed E-state index contributed by atoms with van der Waals surface area (Å²) in [5, 5.41) is 2.28. The third-order valence-electron chi connectivity index (χ3n) is 2.40. The second kappa shape index (κ2) is 8.01. The van der Waals surface area contributed by atoms with Crippen LogP contribution in [0.4, 0.5) is 13.6 Å². The largest absolute Gasteiger partial charge is 0.466 e. The predicted molar refractivity (Wildman–Crippen MR) is 69.9 cm³/mol. The van der Waals surface area contributed by atoms with Crippen LogP contribution in [0.5, 0.6) is 0 Å². The Kier molecular flexibility index (Phi) is 7.45. The van der Waals surface area contributed by atoms with E-state index in [1.807, 2.05) is 0 Å². The molecule has 0 aromatic rings. The average molecular weight is 295 g/mol. The zero-order chi connectivity index (χ0) is 15.8. The topological polar surface area (TPSA) is 64.6 Å². The number of ether oxygens (including phenoxy) is 2. The van der Waals surface area contributed by atoms with E-state index in [1.54, 1.807) is 27.7 Å². The highest BCUT2D eigenvalue weighted by molar-refractivity contribution is 5.71. The van der Waals surface area contributed by atoms with E-state index in [4.69, 9.17) is 4.74 Å². The van der Waals surface area contributed by atoms with Gasteiger partial charge >= 0.3 is 12.1 Å². The number of hydrogen-bond acceptors (Lipinski definition) is 4. The molecule has 0 aromatic carbocycles. The van der Waals surface area contributed by atoms with Crippen molar-refractivity contribution < 1.29 is 27.8 Å². The molecule has 0 saturated carbocycles. The molecule has 0 bridgehead atoms. The molecule has 0 aliphatic carbocycles. The van der Waals surface area contributed by atoms with Gasteiger partial charge in [0, 0.05) is 6.54 Å². The van der Waals surface area contributed by atoms with Crippen LogP contribution in [0.3, 0.4) is 0 Å². The van der Waals surface area contributed by atoms with Crippen LogP contribution in [0.2, 0.25) is 0 Å². The lowest BCUT2D eigenvalue weighted by Crippen LogP contribution is -2.44. The van der Waals surface area contributed by atoms with Gasteiger partial charge in [0.15, 0.2) is 0 Å². The van der Waals surface area contributed by atoms with Gasteiger partial charge in [-0.15, -0.1) is 0 Å². The number of esters is 1. The monoisotopic (exact) mass is 295 g/mol. The molecule has 0 fully saturated rings. The number of carbonyl (C=O) groups excluding carboxylic acids is 2. The molecule has 0 rings (SSSR count). The normalized spacial score (nSPS) is 11.9. The van der Waals surface area contributed by atoms with Crippen molar-refractivity contribution in [3.8, 4) is 0 Å². The Morgan fingerprint density at radius 1 is 1.15 bits per heavy atom. The highest BCUT2D eigenvalue weighted by Crippen LogP contribution is 2.24. The first-order valence-electron chi connectivity index (χ1n) is 6.42. The summed E-state index contributed by atoms with van der Waals surface area (Å²) >= 11 is 0. The minimum Gasteiger partial charge on any atom is -0.466 e. The predicted octanol–water partition coefficient (Wildman–Crippen LogP) is 2.39. The molecule has 1 N–H and O–H groups in total. The summed E-state index contributed by atoms with van der Waals surface area (Å²) in [6.45, 7) is 4.23. The Hall–Kier alpha value is -1.40. The fourth-order valence-electron chi connectivity index (χ4n) is 1.38. The van der Waals surface area contributed by atoms with Crippen LogP contribution in [-0.2, 0) is 14.3 Å². The first kappa shape index (κ1) is 18.6. The van der Waals surface area contributed by atoms with E-state index in [-0.39, 0.29) is 13.2 Å². The van der Waals surface area contributed by atoms with Gasteiger partial charge in [0.2, 0.25) is 0 Å². The number of carbonyl (C=O) groups is 2. The lowest BCUT2D eigenvalue weighted by Gasteiger charge is -2.28. The summed E-state index contributed by atoms with van der Waals surface area (Å²) in [4.78, 5) is 22.8. The van der Waals surface area contributed by atoms with E-state index in [9.17, 15) is 18.4 Å². The van der Waals surface area contributed by atoms with E-state index in [0.717, 1.165) is 0 Å². The summed E-state index contributed by atoms with van der Waals surface area (Å²) in [5.41, 5.74) is -2.32. The first-order valence-corrected chi connectivity index (χ1v) is 6.42. The third kappa shape index (κ3) is 7.25. The molecule has 0 spiro atoms. The summed E-state index contributed by atoms with van der Waals surface area (Å²) in [7, 11) is 0. The van der Waals surface area contributed by atoms with Crippen LogP contribution in [0.25, 0.3) is 0 Å². The van der Waals surface area contributed by atoms with Crippen LogP contribution in [0.1, 0.15) is 34.1 Å². The fraction of sp³-hybridized carbons (Fsp3) is 0.846. The molecule has 0 heterocycles. The second-order valence-electron chi connectivity index (χ2n) is 5.60. The van der Waals surface area contributed by atoms with Gasteiger partial charge in [0.05, 0.1) is 31.8 Å². The molecule has 0 radical (unpaired) electrons. The molecule has 118 valence electrons. The van der Waals surface area contributed by atoms with Crippen LogP contribution in [0.15, 0.2) is 0 Å². The van der Waals surface area contributed by atoms with E-state index in [0.29, 0.717) is 0 Å². The number of rotatable bonds is 7. The second-order valence-corrected chi connectivity index (χ2v) is 5.60. The average Bonchev–Trinajstić information content (AvgIpc) is 2.33. The molecular formula is C13H23F2NO4. The fourth-order valence-corrected chi connectivity index (χ4v) is 1.38. The minimum absolute atomic E-state index is 0.132. The van der Waals surface area contributed by atoms with Crippen LogP contribution in [0, 0.1) is 5.41 Å². The van der Waals surface area contributed by atoms with E-state index in [2.05, 4.69) is 10.1 Å². The Morgan fingerprint density at radius 3 is 2.10 bits per heavy atom. The lowest BCUT2D eigenvalue weighted by molar-refractivity contribution is -0.146. The highest BCUT2D eigenvalue weighted by atomic mass is 19.1. The van der Waals surface area contributed by atoms with Crippen molar-refractivity contribution in [3.63, 3.8) is 0 Å². The van der Waals surface area contributed by atoms with E-state index in [1.165, 1.54) is 0 Å². The number of nitrogens with one attached hydrogen (secondary N) is 1. The van der Waals surface area contributed by atoms with Crippen molar-refractivity contribution in [1.82, 2.24) is 5.32 Å². The Labute approximate surface area is 118 Å². The quantitative estimate of drug-likeness (QED) is 0.732. The standard InChI is InChI=1S/C13H23F2NO4/c1-5-19-10(17)6-13(7-14,8-15)9-16-11(18)20-12(2,3)4/h5-9H2,1-4H3,(H,16,18). The lowest BCUT2D eigenvalue weighted by atomic mass is 9.87. The summed E-state index contributed by atoms with van der Waals surface area (Å²) < 4.78 is 35.8. The van der Waals surface area contributed by atoms with E-state index < -0.39 is 42.8 Å². The molecule has 1 amide bonds. The van der Waals surface area contributed by atoms with E-state index >= 15 is 0 Å². The van der Waals surface area contributed by atoms with Crippen LogP contribution < -0.4 is 5.32 Å². The van der Waals surface area contributed by atoms with Gasteiger partial charge in [-0.2, -0.15) is 0 Å². The van der Waals surface area contributed by atoms with Crippen molar-refractivity contribution >= 4 is 12.1 Å². The van der Waals surface area contributed by atoms with Crippen molar-refractivity contribution in [3.05, 3.63) is 0 Å². The maximum absolute atomic E-state index is 13.1. The molecule has 0 saturated heterocycles. The van der Waals surface area contributed by atoms with Gasteiger partial charge in [-0.05, 0) is 27.7 Å². The Morgan fingerprint density at radius 2 is 1.70 bits per heavy atom. The smallest absolute Gasteiger partial charge is 0.407 e. The molecular weight excluding hydrogens is 272 g/mol. The number of alkyl carbamates (subject to hydrolysis) is 1. The van der Waals surface area contributed by atoms with Crippen molar-refractivity contribution in [2.75, 3.05) is 26.5 Å². The Bertz CT molecular complexity index is 325. The summed E-state index contributed by atoms with van der Waals surface area (Å²) in [6, 6.07) is 0. The molecule has 0 aliphatic heterocycles. The molecule has 0 atom stereocenters. The van der Waals surface area contributed by atoms with Crippen LogP contribution in [-0.4, -0.2) is 44.2 Å². The maximum Gasteiger partial charge on any atom is 0.407 e. The van der Waals surface area contributed by atoms with Crippen molar-refractivity contribution in [2.24, 2.45) is 5.41 Å². The van der Waals surface area contributed by atoms with Crippen molar-refractivity contribution in [1.29, 1.82) is 0 Å². The number of halogens is 2. The number of hydrogen-bond donors (Lipinski definition) is 1. The van der Waals surface area contributed by atoms with Gasteiger partial charge in [-0.25, -0.2) is 4.79 Å². The molecule has 7 heteroatoms. The minimum atomic E-state index is -1.61. The number of alkyl halides is 2. The third-order valence-corrected chi connectivity index (χ3v) is 2.40. The Balaban J connectivity index is 4.53. The summed E-state index contributed by atoms with van der Waals surface area (Å²) in [5.74, 6) is -0.700. The summed E-state index contributed by atoms with van der Waals surface area (Å²) in [6.07, 6.45) is -1.23. The van der Waals surface area contributed by atoms with Gasteiger partial charge in [-0.1, -0.05) is 0 Å². The van der Waals surface area contributed by atoms with Crippen LogP contribution >= 0.6 is 0 Å². The zero-order valence-electron chi connectivity index (χ0n) is 12.4. The van der Waals surface area contributed by atoms with Gasteiger partial charge in [0.25, 0.3) is 0 Å². The SMILES string of the molecule is CCOC(=O)CC(CF)(CF)CNC(=O)OC(C)(C)C. The highest BCUT2D eigenvalue weighted by Gasteiger charge is 2.35. The first-order chi connectivity index (χ1) is 9.18. The zero-order valence-corrected chi connectivity index (χ0v) is 12.4. The van der Waals surface area contributed by atoms with Gasteiger partial charge < -0.3 is 14.8 Å². The molecule has 20 heavy (non-hydrogen) atoms. The van der Waals surface area contributed by atoms with Gasteiger partial charge in [-0.3, -0.25) is 13.6 Å². The van der Waals surface area contributed by atoms with Gasteiger partial charge in [0.1, 0.15) is 5.60 Å². The number of amides is 1. The maximum atomic E-state index is 13.1. The molecule has 0 aromatic heterocycles. The van der Waals surface area contributed by atoms with Crippen molar-refractivity contribution in [2.45, 2.75) is 39.7 Å². The molecule has 0 unspecified atom stereocenters. The molecule has 5 nitrogen and oxygen atoms in total.